The van der Waals surface area contributed by atoms with Crippen molar-refractivity contribution in [2.75, 3.05) is 37.9 Å². The second-order valence-electron chi connectivity index (χ2n) is 9.22. The molecule has 0 saturated heterocycles. The van der Waals surface area contributed by atoms with Crippen LogP contribution in [0.1, 0.15) is 17.5 Å². The molecule has 8 nitrogen and oxygen atoms in total. The zero-order valence-corrected chi connectivity index (χ0v) is 20.8. The standard InChI is InChI=1S/C26H28N4O4S/c1-29(2)15-22(31)27-20-10-8-17(9-11-20)21-16-35-25(28-21)30(3)24(34)26(14-23(32)33)12-18-6-4-5-7-19(18)13-26/h4-11,16H,12-15H2,1-3H3,(H,27,31)(H,32,33). The number of aromatic nitrogens is 1. The van der Waals surface area contributed by atoms with E-state index in [1.807, 2.05) is 68.0 Å². The molecule has 2 aromatic carbocycles. The van der Waals surface area contributed by atoms with Crippen LogP contribution >= 0.6 is 11.3 Å². The molecule has 0 spiro atoms. The molecular formula is C26H28N4O4S. The van der Waals surface area contributed by atoms with E-state index in [1.54, 1.807) is 11.9 Å². The van der Waals surface area contributed by atoms with E-state index in [4.69, 9.17) is 0 Å². The normalized spacial score (nSPS) is 13.9. The number of anilines is 2. The maximum atomic E-state index is 13.6. The van der Waals surface area contributed by atoms with Gasteiger partial charge >= 0.3 is 5.97 Å². The maximum absolute atomic E-state index is 13.6. The molecule has 4 rings (SSSR count). The van der Waals surface area contributed by atoms with Gasteiger partial charge in [-0.15, -0.1) is 11.3 Å². The van der Waals surface area contributed by atoms with Gasteiger partial charge in [-0.3, -0.25) is 19.3 Å². The Labute approximate surface area is 208 Å². The predicted molar refractivity (Wildman–Crippen MR) is 137 cm³/mol. The van der Waals surface area contributed by atoms with Gasteiger partial charge in [-0.1, -0.05) is 36.4 Å². The molecule has 1 heterocycles. The third kappa shape index (κ3) is 5.41. The Balaban J connectivity index is 1.50. The largest absolute Gasteiger partial charge is 0.481 e. The van der Waals surface area contributed by atoms with Crippen LogP contribution in [0.3, 0.4) is 0 Å². The molecular weight excluding hydrogens is 464 g/mol. The summed E-state index contributed by atoms with van der Waals surface area (Å²) in [6, 6.07) is 15.1. The van der Waals surface area contributed by atoms with E-state index in [0.29, 0.717) is 35.9 Å². The summed E-state index contributed by atoms with van der Waals surface area (Å²) in [5.74, 6) is -1.32. The van der Waals surface area contributed by atoms with E-state index in [1.165, 1.54) is 16.2 Å². The minimum absolute atomic E-state index is 0.0943. The van der Waals surface area contributed by atoms with Gasteiger partial charge in [-0.05, 0) is 50.2 Å². The number of hydrogen-bond acceptors (Lipinski definition) is 6. The highest BCUT2D eigenvalue weighted by molar-refractivity contribution is 7.14. The van der Waals surface area contributed by atoms with E-state index < -0.39 is 11.4 Å². The smallest absolute Gasteiger partial charge is 0.304 e. The van der Waals surface area contributed by atoms with Crippen molar-refractivity contribution in [3.05, 3.63) is 65.0 Å². The third-order valence-corrected chi connectivity index (χ3v) is 7.04. The van der Waals surface area contributed by atoms with E-state index in [0.717, 1.165) is 16.7 Å². The monoisotopic (exact) mass is 492 g/mol. The predicted octanol–water partition coefficient (Wildman–Crippen LogP) is 3.53. The number of carboxylic acids is 1. The van der Waals surface area contributed by atoms with Crippen LogP contribution in [-0.4, -0.2) is 60.5 Å². The second kappa shape index (κ2) is 9.97. The molecule has 0 aliphatic heterocycles. The number of aliphatic carboxylic acids is 1. The Hall–Kier alpha value is -3.56. The first kappa shape index (κ1) is 24.6. The van der Waals surface area contributed by atoms with Crippen LogP contribution in [0.4, 0.5) is 10.8 Å². The van der Waals surface area contributed by atoms with Gasteiger partial charge in [0, 0.05) is 23.7 Å². The molecule has 1 aliphatic carbocycles. The van der Waals surface area contributed by atoms with Gasteiger partial charge in [0.25, 0.3) is 0 Å². The van der Waals surface area contributed by atoms with Crippen molar-refractivity contribution >= 4 is 39.9 Å². The van der Waals surface area contributed by atoms with Crippen LogP contribution in [0, 0.1) is 5.41 Å². The zero-order chi connectivity index (χ0) is 25.2. The fraction of sp³-hybridized carbons (Fsp3) is 0.308. The van der Waals surface area contributed by atoms with E-state index in [2.05, 4.69) is 10.3 Å². The summed E-state index contributed by atoms with van der Waals surface area (Å²) in [5, 5.41) is 14.8. The Morgan fingerprint density at radius 2 is 1.66 bits per heavy atom. The lowest BCUT2D eigenvalue weighted by atomic mass is 9.80. The summed E-state index contributed by atoms with van der Waals surface area (Å²) in [5.41, 5.74) is 3.27. The molecule has 1 aliphatic rings. The molecule has 0 bridgehead atoms. The molecule has 2 amide bonds. The Bertz CT molecular complexity index is 1230. The van der Waals surface area contributed by atoms with Gasteiger partial charge < -0.3 is 15.3 Å². The van der Waals surface area contributed by atoms with Crippen LogP contribution in [0.25, 0.3) is 11.3 Å². The number of carboxylic acid groups (broad SMARTS) is 1. The van der Waals surface area contributed by atoms with Crippen molar-refractivity contribution in [1.29, 1.82) is 0 Å². The first-order valence-corrected chi connectivity index (χ1v) is 12.1. The molecule has 2 N–H and O–H groups in total. The van der Waals surface area contributed by atoms with Crippen molar-refractivity contribution in [2.24, 2.45) is 5.41 Å². The number of benzene rings is 2. The number of thiazole rings is 1. The number of rotatable bonds is 8. The molecule has 35 heavy (non-hydrogen) atoms. The van der Waals surface area contributed by atoms with Gasteiger partial charge in [0.1, 0.15) is 0 Å². The summed E-state index contributed by atoms with van der Waals surface area (Å²) in [6.07, 6.45) is 0.569. The lowest BCUT2D eigenvalue weighted by molar-refractivity contribution is -0.144. The van der Waals surface area contributed by atoms with Gasteiger partial charge in [-0.2, -0.15) is 0 Å². The van der Waals surface area contributed by atoms with E-state index in [9.17, 15) is 19.5 Å². The minimum atomic E-state index is -1.03. The van der Waals surface area contributed by atoms with E-state index >= 15 is 0 Å². The average molecular weight is 493 g/mol. The number of fused-ring (bicyclic) bond motifs is 1. The topological polar surface area (TPSA) is 103 Å². The number of amides is 2. The van der Waals surface area contributed by atoms with E-state index in [-0.39, 0.29) is 18.2 Å². The molecule has 3 aromatic rings. The maximum Gasteiger partial charge on any atom is 0.304 e. The number of nitrogens with zero attached hydrogens (tertiary/aromatic N) is 3. The first-order chi connectivity index (χ1) is 16.7. The molecule has 0 atom stereocenters. The third-order valence-electron chi connectivity index (χ3n) is 6.13. The molecule has 182 valence electrons. The fourth-order valence-corrected chi connectivity index (χ4v) is 5.34. The van der Waals surface area contributed by atoms with Gasteiger partial charge in [0.15, 0.2) is 5.13 Å². The molecule has 0 saturated carbocycles. The lowest BCUT2D eigenvalue weighted by Gasteiger charge is -2.30. The van der Waals surface area contributed by atoms with Crippen molar-refractivity contribution in [3.63, 3.8) is 0 Å². The summed E-state index contributed by atoms with van der Waals surface area (Å²) in [6.45, 7) is 0.298. The summed E-state index contributed by atoms with van der Waals surface area (Å²) in [4.78, 5) is 45.2. The lowest BCUT2D eigenvalue weighted by Crippen LogP contribution is -2.44. The highest BCUT2D eigenvalue weighted by Crippen LogP contribution is 2.42. The zero-order valence-electron chi connectivity index (χ0n) is 19.9. The highest BCUT2D eigenvalue weighted by atomic mass is 32.1. The summed E-state index contributed by atoms with van der Waals surface area (Å²) < 4.78 is 0. The van der Waals surface area contributed by atoms with Crippen molar-refractivity contribution < 1.29 is 19.5 Å². The van der Waals surface area contributed by atoms with Gasteiger partial charge in [0.2, 0.25) is 11.8 Å². The van der Waals surface area contributed by atoms with Crippen LogP contribution < -0.4 is 10.2 Å². The SMILES string of the molecule is CN(C)CC(=O)Nc1ccc(-c2csc(N(C)C(=O)C3(CC(=O)O)Cc4ccccc4C3)n2)cc1. The first-order valence-electron chi connectivity index (χ1n) is 11.2. The molecule has 9 heteroatoms. The number of carbonyl (C=O) groups is 3. The average Bonchev–Trinajstić information content (AvgIpc) is 3.43. The van der Waals surface area contributed by atoms with Crippen LogP contribution in [0.5, 0.6) is 0 Å². The Morgan fingerprint density at radius 1 is 1.03 bits per heavy atom. The summed E-state index contributed by atoms with van der Waals surface area (Å²) >= 11 is 1.33. The molecule has 0 fully saturated rings. The highest BCUT2D eigenvalue weighted by Gasteiger charge is 2.47. The fourth-order valence-electron chi connectivity index (χ4n) is 4.54. The molecule has 0 unspecified atom stereocenters. The minimum Gasteiger partial charge on any atom is -0.481 e. The quantitative estimate of drug-likeness (QED) is 0.499. The number of likely N-dealkylation sites (N-methyl/N-ethyl adjacent to an activating group) is 1. The van der Waals surface area contributed by atoms with Crippen molar-refractivity contribution in [2.45, 2.75) is 19.3 Å². The molecule has 0 radical (unpaired) electrons. The van der Waals surface area contributed by atoms with Crippen LogP contribution in [0.15, 0.2) is 53.9 Å². The van der Waals surface area contributed by atoms with Gasteiger partial charge in [0.05, 0.1) is 24.1 Å². The van der Waals surface area contributed by atoms with Crippen molar-refractivity contribution in [3.8, 4) is 11.3 Å². The number of carbonyl (C=O) groups excluding carboxylic acids is 2. The van der Waals surface area contributed by atoms with Crippen LogP contribution in [-0.2, 0) is 27.2 Å². The van der Waals surface area contributed by atoms with Crippen molar-refractivity contribution in [1.82, 2.24) is 9.88 Å². The van der Waals surface area contributed by atoms with Crippen LogP contribution in [0.2, 0.25) is 0 Å². The summed E-state index contributed by atoms with van der Waals surface area (Å²) in [7, 11) is 5.32. The number of nitrogens with one attached hydrogen (secondary N) is 1. The molecule has 1 aromatic heterocycles. The Kier molecular flexibility index (Phi) is 7.00. The second-order valence-corrected chi connectivity index (χ2v) is 10.1. The Morgan fingerprint density at radius 3 is 2.23 bits per heavy atom. The number of hydrogen-bond donors (Lipinski definition) is 2. The van der Waals surface area contributed by atoms with Gasteiger partial charge in [-0.25, -0.2) is 4.98 Å².